The third kappa shape index (κ3) is 5.63. The minimum atomic E-state index is -1.41. The fourth-order valence-electron chi connectivity index (χ4n) is 2.42. The van der Waals surface area contributed by atoms with Crippen molar-refractivity contribution >= 4 is 29.2 Å². The first-order valence-electron chi connectivity index (χ1n) is 7.89. The second-order valence-corrected chi connectivity index (χ2v) is 5.71. The maximum Gasteiger partial charge on any atom is 0.269 e. The minimum absolute atomic E-state index is 0.218. The van der Waals surface area contributed by atoms with Crippen LogP contribution >= 0.6 is 0 Å². The molecule has 0 aliphatic heterocycles. The Morgan fingerprint density at radius 3 is 2.33 bits per heavy atom. The largest absolute Gasteiger partial charge is 0.550 e. The van der Waals surface area contributed by atoms with Gasteiger partial charge in [0.2, 0.25) is 5.91 Å². The number of carboxylic acids is 1. The van der Waals surface area contributed by atoms with Gasteiger partial charge in [0.05, 0.1) is 11.0 Å². The first-order chi connectivity index (χ1) is 12.8. The van der Waals surface area contributed by atoms with E-state index in [0.717, 1.165) is 0 Å². The van der Waals surface area contributed by atoms with Crippen molar-refractivity contribution in [3.63, 3.8) is 0 Å². The molecule has 0 spiro atoms. The van der Waals surface area contributed by atoms with Crippen LogP contribution in [0.1, 0.15) is 35.3 Å². The quantitative estimate of drug-likeness (QED) is 0.553. The van der Waals surface area contributed by atoms with Crippen LogP contribution in [-0.4, -0.2) is 22.7 Å². The predicted octanol–water partition coefficient (Wildman–Crippen LogP) is 1.16. The van der Waals surface area contributed by atoms with Crippen molar-refractivity contribution in [2.45, 2.75) is 19.4 Å². The maximum absolute atomic E-state index is 12.4. The zero-order valence-corrected chi connectivity index (χ0v) is 14.3. The van der Waals surface area contributed by atoms with E-state index in [4.69, 9.17) is 0 Å². The van der Waals surface area contributed by atoms with E-state index >= 15 is 0 Å². The van der Waals surface area contributed by atoms with Gasteiger partial charge in [-0.25, -0.2) is 0 Å². The van der Waals surface area contributed by atoms with Gasteiger partial charge in [-0.2, -0.15) is 0 Å². The number of nitro groups is 1. The van der Waals surface area contributed by atoms with Gasteiger partial charge in [0, 0.05) is 42.7 Å². The monoisotopic (exact) mass is 370 g/mol. The van der Waals surface area contributed by atoms with Crippen LogP contribution in [0, 0.1) is 10.1 Å². The SMILES string of the molecule is CC(=O)Nc1ccc(C(=O)NC(CC(=O)[O-])c2cccc([N+](=O)[O-])c2)cc1. The Kier molecular flexibility index (Phi) is 6.21. The number of rotatable bonds is 7. The molecule has 0 aliphatic rings. The second kappa shape index (κ2) is 8.56. The standard InChI is InChI=1S/C18H17N3O6/c1-11(22)19-14-7-5-12(6-8-14)18(25)20-16(10-17(23)24)13-3-2-4-15(9-13)21(26)27/h2-9,16H,10H2,1H3,(H,19,22)(H,20,25)(H,23,24)/p-1. The summed E-state index contributed by atoms with van der Waals surface area (Å²) in [7, 11) is 0. The van der Waals surface area contributed by atoms with Gasteiger partial charge >= 0.3 is 0 Å². The smallest absolute Gasteiger partial charge is 0.269 e. The van der Waals surface area contributed by atoms with Gasteiger partial charge in [-0.05, 0) is 29.8 Å². The lowest BCUT2D eigenvalue weighted by Crippen LogP contribution is -2.34. The number of hydrogen-bond donors (Lipinski definition) is 2. The third-order valence-corrected chi connectivity index (χ3v) is 3.63. The molecule has 0 saturated heterocycles. The molecule has 0 saturated carbocycles. The fourth-order valence-corrected chi connectivity index (χ4v) is 2.42. The lowest BCUT2D eigenvalue weighted by atomic mass is 10.0. The highest BCUT2D eigenvalue weighted by atomic mass is 16.6. The van der Waals surface area contributed by atoms with Gasteiger partial charge in [-0.15, -0.1) is 0 Å². The highest BCUT2D eigenvalue weighted by molar-refractivity contribution is 5.96. The average molecular weight is 370 g/mol. The normalized spacial score (nSPS) is 11.3. The van der Waals surface area contributed by atoms with E-state index in [0.29, 0.717) is 5.69 Å². The summed E-state index contributed by atoms with van der Waals surface area (Å²) in [6.07, 6.45) is -0.545. The van der Waals surface area contributed by atoms with E-state index in [1.807, 2.05) is 0 Å². The first-order valence-corrected chi connectivity index (χ1v) is 7.89. The molecule has 9 heteroatoms. The summed E-state index contributed by atoms with van der Waals surface area (Å²) in [5, 5.41) is 27.0. The number of nitrogens with zero attached hydrogens (tertiary/aromatic N) is 1. The molecule has 0 heterocycles. The van der Waals surface area contributed by atoms with Gasteiger partial charge in [0.15, 0.2) is 0 Å². The lowest BCUT2D eigenvalue weighted by molar-refractivity contribution is -0.385. The summed E-state index contributed by atoms with van der Waals surface area (Å²) in [4.78, 5) is 44.8. The molecule has 9 nitrogen and oxygen atoms in total. The average Bonchev–Trinajstić information content (AvgIpc) is 2.61. The Balaban J connectivity index is 2.21. The fraction of sp³-hybridized carbons (Fsp3) is 0.167. The number of carbonyl (C=O) groups excluding carboxylic acids is 3. The molecule has 0 radical (unpaired) electrons. The number of anilines is 1. The Labute approximate surface area is 154 Å². The molecule has 2 N–H and O–H groups in total. The van der Waals surface area contributed by atoms with Crippen LogP contribution in [0.5, 0.6) is 0 Å². The molecular formula is C18H16N3O6-. The van der Waals surface area contributed by atoms with Crippen molar-refractivity contribution < 1.29 is 24.4 Å². The molecule has 0 aliphatic carbocycles. The van der Waals surface area contributed by atoms with Crippen LogP contribution in [0.4, 0.5) is 11.4 Å². The highest BCUT2D eigenvalue weighted by Gasteiger charge is 2.18. The van der Waals surface area contributed by atoms with Crippen molar-refractivity contribution in [1.29, 1.82) is 0 Å². The topological polar surface area (TPSA) is 141 Å². The van der Waals surface area contributed by atoms with E-state index in [-0.39, 0.29) is 22.7 Å². The zero-order valence-electron chi connectivity index (χ0n) is 14.3. The Hall–Kier alpha value is -3.75. The number of aliphatic carboxylic acids is 1. The Bertz CT molecular complexity index is 879. The van der Waals surface area contributed by atoms with Crippen molar-refractivity contribution in [2.75, 3.05) is 5.32 Å². The number of hydrogen-bond acceptors (Lipinski definition) is 6. The molecule has 2 aromatic carbocycles. The van der Waals surface area contributed by atoms with Crippen LogP contribution < -0.4 is 15.7 Å². The Morgan fingerprint density at radius 1 is 1.11 bits per heavy atom. The summed E-state index contributed by atoms with van der Waals surface area (Å²) in [6.45, 7) is 1.35. The van der Waals surface area contributed by atoms with Crippen molar-refractivity contribution in [3.8, 4) is 0 Å². The van der Waals surface area contributed by atoms with E-state index in [1.54, 1.807) is 0 Å². The molecule has 1 atom stereocenters. The molecule has 0 aromatic heterocycles. The first kappa shape index (κ1) is 19.6. The van der Waals surface area contributed by atoms with Gasteiger partial charge in [0.25, 0.3) is 11.6 Å². The van der Waals surface area contributed by atoms with Gasteiger partial charge in [-0.1, -0.05) is 12.1 Å². The molecule has 0 bridgehead atoms. The number of non-ortho nitro benzene ring substituents is 1. The molecule has 2 rings (SSSR count). The summed E-state index contributed by atoms with van der Waals surface area (Å²) in [6, 6.07) is 10.3. The molecular weight excluding hydrogens is 354 g/mol. The lowest BCUT2D eigenvalue weighted by Gasteiger charge is -2.20. The summed E-state index contributed by atoms with van der Waals surface area (Å²) >= 11 is 0. The molecule has 2 amide bonds. The summed E-state index contributed by atoms with van der Waals surface area (Å²) in [5.74, 6) is -2.23. The van der Waals surface area contributed by atoms with Crippen molar-refractivity contribution in [2.24, 2.45) is 0 Å². The van der Waals surface area contributed by atoms with Crippen LogP contribution in [0.3, 0.4) is 0 Å². The molecule has 0 fully saturated rings. The number of benzene rings is 2. The predicted molar refractivity (Wildman–Crippen MR) is 93.7 cm³/mol. The molecule has 140 valence electrons. The summed E-state index contributed by atoms with van der Waals surface area (Å²) in [5.41, 5.74) is 0.795. The van der Waals surface area contributed by atoms with Crippen molar-refractivity contribution in [3.05, 3.63) is 69.8 Å². The van der Waals surface area contributed by atoms with E-state index in [2.05, 4.69) is 10.6 Å². The van der Waals surface area contributed by atoms with Gasteiger partial charge in [-0.3, -0.25) is 19.7 Å². The molecule has 27 heavy (non-hydrogen) atoms. The maximum atomic E-state index is 12.4. The van der Waals surface area contributed by atoms with Gasteiger partial charge < -0.3 is 20.5 Å². The molecule has 2 aromatic rings. The molecule has 1 unspecified atom stereocenters. The second-order valence-electron chi connectivity index (χ2n) is 5.71. The Morgan fingerprint density at radius 2 is 1.78 bits per heavy atom. The number of carbonyl (C=O) groups is 3. The van der Waals surface area contributed by atoms with E-state index in [9.17, 15) is 29.6 Å². The van der Waals surface area contributed by atoms with Crippen molar-refractivity contribution in [1.82, 2.24) is 5.32 Å². The number of nitrogens with one attached hydrogen (secondary N) is 2. The third-order valence-electron chi connectivity index (χ3n) is 3.63. The minimum Gasteiger partial charge on any atom is -0.550 e. The van der Waals surface area contributed by atoms with E-state index in [1.165, 1.54) is 55.5 Å². The van der Waals surface area contributed by atoms with Crippen LogP contribution in [0.15, 0.2) is 48.5 Å². The van der Waals surface area contributed by atoms with Crippen LogP contribution in [0.2, 0.25) is 0 Å². The zero-order chi connectivity index (χ0) is 20.0. The number of nitro benzene ring substituents is 1. The highest BCUT2D eigenvalue weighted by Crippen LogP contribution is 2.22. The van der Waals surface area contributed by atoms with Crippen LogP contribution in [0.25, 0.3) is 0 Å². The summed E-state index contributed by atoms with van der Waals surface area (Å²) < 4.78 is 0. The van der Waals surface area contributed by atoms with Crippen LogP contribution in [-0.2, 0) is 9.59 Å². The number of amides is 2. The van der Waals surface area contributed by atoms with Gasteiger partial charge in [0.1, 0.15) is 0 Å². The van der Waals surface area contributed by atoms with E-state index < -0.39 is 29.3 Å². The number of carboxylic acid groups (broad SMARTS) is 1.